The fraction of sp³-hybridized carbons (Fsp3) is 0.524. The van der Waals surface area contributed by atoms with Crippen LogP contribution in [0.5, 0.6) is 0 Å². The Morgan fingerprint density at radius 2 is 1.67 bits per heavy atom. The van der Waals surface area contributed by atoms with E-state index in [4.69, 9.17) is 4.98 Å². The van der Waals surface area contributed by atoms with Gasteiger partial charge in [-0.2, -0.15) is 0 Å². The molecule has 0 radical (unpaired) electrons. The van der Waals surface area contributed by atoms with E-state index in [-0.39, 0.29) is 30.7 Å². The summed E-state index contributed by atoms with van der Waals surface area (Å²) in [5.41, 5.74) is 2.93. The molecule has 6 heteroatoms. The molecular formula is C21H27Cl2N3O. The summed E-state index contributed by atoms with van der Waals surface area (Å²) in [5, 5.41) is 4.51. The van der Waals surface area contributed by atoms with Crippen molar-refractivity contribution in [1.82, 2.24) is 15.2 Å². The van der Waals surface area contributed by atoms with Crippen molar-refractivity contribution in [2.45, 2.75) is 31.6 Å². The second-order valence-electron chi connectivity index (χ2n) is 7.93. The van der Waals surface area contributed by atoms with Crippen molar-refractivity contribution in [2.75, 3.05) is 26.2 Å². The zero-order valence-electron chi connectivity index (χ0n) is 15.4. The number of nitrogens with one attached hydrogen (secondary N) is 1. The summed E-state index contributed by atoms with van der Waals surface area (Å²) < 4.78 is 0. The molecule has 1 aromatic heterocycles. The minimum absolute atomic E-state index is 0. The third kappa shape index (κ3) is 3.94. The number of benzene rings is 1. The number of nitrogens with zero attached hydrogens (tertiary/aromatic N) is 2. The van der Waals surface area contributed by atoms with Gasteiger partial charge < -0.3 is 10.2 Å². The standard InChI is InChI=1S/C21H25N3O.2ClH/c25-21(24-9-7-15-12-22-13-16(15)8-10-24)18-11-20(14-5-6-14)23-19-4-2-1-3-17(18)19;;/h1-4,11,14-16,22H,5-10,12-13H2;2*1H/t15-,16+;;. The highest BCUT2D eigenvalue weighted by Crippen LogP contribution is 2.40. The summed E-state index contributed by atoms with van der Waals surface area (Å²) in [6.07, 6.45) is 4.67. The van der Waals surface area contributed by atoms with Crippen molar-refractivity contribution < 1.29 is 4.79 Å². The number of halogens is 2. The Hall–Kier alpha value is -1.36. The Morgan fingerprint density at radius 1 is 1.00 bits per heavy atom. The maximum Gasteiger partial charge on any atom is 0.254 e. The van der Waals surface area contributed by atoms with Gasteiger partial charge in [0.1, 0.15) is 0 Å². The highest BCUT2D eigenvalue weighted by Gasteiger charge is 2.33. The van der Waals surface area contributed by atoms with Gasteiger partial charge in [0.05, 0.1) is 11.1 Å². The minimum Gasteiger partial charge on any atom is -0.339 e. The van der Waals surface area contributed by atoms with Gasteiger partial charge in [0.25, 0.3) is 5.91 Å². The molecule has 2 aliphatic heterocycles. The number of rotatable bonds is 2. The number of fused-ring (bicyclic) bond motifs is 2. The van der Waals surface area contributed by atoms with Gasteiger partial charge >= 0.3 is 0 Å². The number of likely N-dealkylation sites (tertiary alicyclic amines) is 1. The topological polar surface area (TPSA) is 45.2 Å². The van der Waals surface area contributed by atoms with Crippen LogP contribution in [0.4, 0.5) is 0 Å². The smallest absolute Gasteiger partial charge is 0.254 e. The third-order valence-corrected chi connectivity index (χ3v) is 6.27. The number of hydrogen-bond donors (Lipinski definition) is 1. The van der Waals surface area contributed by atoms with E-state index in [2.05, 4.69) is 16.3 Å². The van der Waals surface area contributed by atoms with E-state index < -0.39 is 0 Å². The van der Waals surface area contributed by atoms with E-state index in [9.17, 15) is 4.79 Å². The molecule has 5 rings (SSSR count). The SMILES string of the molecule is Cl.Cl.O=C(c1cc(C2CC2)nc2ccccc12)N1CC[C@@H]2CNC[C@@H]2CC1. The van der Waals surface area contributed by atoms with Crippen LogP contribution < -0.4 is 5.32 Å². The van der Waals surface area contributed by atoms with Gasteiger partial charge in [-0.3, -0.25) is 9.78 Å². The summed E-state index contributed by atoms with van der Waals surface area (Å²) in [4.78, 5) is 20.3. The van der Waals surface area contributed by atoms with Crippen LogP contribution in [0.25, 0.3) is 10.9 Å². The number of carbonyl (C=O) groups is 1. The van der Waals surface area contributed by atoms with E-state index in [0.29, 0.717) is 5.92 Å². The van der Waals surface area contributed by atoms with Crippen molar-refractivity contribution in [1.29, 1.82) is 0 Å². The van der Waals surface area contributed by atoms with E-state index in [0.717, 1.165) is 73.0 Å². The average Bonchev–Trinajstić information content (AvgIpc) is 3.44. The molecule has 1 amide bonds. The van der Waals surface area contributed by atoms with Gasteiger partial charge in [-0.05, 0) is 62.7 Å². The first-order valence-electron chi connectivity index (χ1n) is 9.69. The lowest BCUT2D eigenvalue weighted by Crippen LogP contribution is -2.33. The molecular weight excluding hydrogens is 381 g/mol. The lowest BCUT2D eigenvalue weighted by Gasteiger charge is -2.22. The molecule has 2 saturated heterocycles. The first-order chi connectivity index (χ1) is 12.3. The molecule has 3 fully saturated rings. The molecule has 2 aromatic rings. The van der Waals surface area contributed by atoms with Gasteiger partial charge in [-0.15, -0.1) is 24.8 Å². The number of hydrogen-bond acceptors (Lipinski definition) is 3. The van der Waals surface area contributed by atoms with E-state index >= 15 is 0 Å². The van der Waals surface area contributed by atoms with Crippen molar-refractivity contribution in [3.63, 3.8) is 0 Å². The van der Waals surface area contributed by atoms with Crippen LogP contribution in [-0.2, 0) is 0 Å². The molecule has 4 nitrogen and oxygen atoms in total. The molecule has 0 bridgehead atoms. The first kappa shape index (κ1) is 20.4. The van der Waals surface area contributed by atoms with Gasteiger partial charge in [-0.1, -0.05) is 18.2 Å². The molecule has 0 spiro atoms. The molecule has 3 heterocycles. The van der Waals surface area contributed by atoms with Crippen molar-refractivity contribution in [3.05, 3.63) is 41.6 Å². The van der Waals surface area contributed by atoms with E-state index in [1.807, 2.05) is 24.3 Å². The molecule has 1 aromatic carbocycles. The summed E-state index contributed by atoms with van der Waals surface area (Å²) in [6.45, 7) is 4.02. The normalized spacial score (nSPS) is 24.5. The fourth-order valence-electron chi connectivity index (χ4n) is 4.55. The molecule has 146 valence electrons. The molecule has 3 aliphatic rings. The summed E-state index contributed by atoms with van der Waals surface area (Å²) in [6, 6.07) is 10.2. The molecule has 27 heavy (non-hydrogen) atoms. The maximum absolute atomic E-state index is 13.4. The predicted molar refractivity (Wildman–Crippen MR) is 113 cm³/mol. The number of amides is 1. The third-order valence-electron chi connectivity index (χ3n) is 6.27. The highest BCUT2D eigenvalue weighted by molar-refractivity contribution is 6.06. The second-order valence-corrected chi connectivity index (χ2v) is 7.93. The zero-order valence-corrected chi connectivity index (χ0v) is 17.0. The maximum atomic E-state index is 13.4. The molecule has 1 N–H and O–H groups in total. The molecule has 0 unspecified atom stereocenters. The Kier molecular flexibility index (Phi) is 6.29. The van der Waals surface area contributed by atoms with Gasteiger partial charge in [-0.25, -0.2) is 0 Å². The summed E-state index contributed by atoms with van der Waals surface area (Å²) in [5.74, 6) is 2.25. The van der Waals surface area contributed by atoms with Crippen LogP contribution in [0.2, 0.25) is 0 Å². The summed E-state index contributed by atoms with van der Waals surface area (Å²) in [7, 11) is 0. The van der Waals surface area contributed by atoms with E-state index in [1.165, 1.54) is 12.8 Å². The van der Waals surface area contributed by atoms with Gasteiger partial charge in [0.15, 0.2) is 0 Å². The molecule has 1 saturated carbocycles. The quantitative estimate of drug-likeness (QED) is 0.816. The van der Waals surface area contributed by atoms with Crippen molar-refractivity contribution >= 4 is 41.6 Å². The first-order valence-corrected chi connectivity index (χ1v) is 9.69. The Morgan fingerprint density at radius 3 is 2.33 bits per heavy atom. The Balaban J connectivity index is 0.00000105. The largest absolute Gasteiger partial charge is 0.339 e. The monoisotopic (exact) mass is 407 g/mol. The van der Waals surface area contributed by atoms with Crippen LogP contribution in [-0.4, -0.2) is 42.0 Å². The lowest BCUT2D eigenvalue weighted by atomic mass is 9.92. The molecule has 2 atom stereocenters. The number of pyridine rings is 1. The highest BCUT2D eigenvalue weighted by atomic mass is 35.5. The van der Waals surface area contributed by atoms with Crippen molar-refractivity contribution in [2.24, 2.45) is 11.8 Å². The van der Waals surface area contributed by atoms with Crippen LogP contribution in [0.3, 0.4) is 0 Å². The predicted octanol–water partition coefficient (Wildman–Crippen LogP) is 4.03. The van der Waals surface area contributed by atoms with Gasteiger partial charge in [0, 0.05) is 30.1 Å². The zero-order chi connectivity index (χ0) is 16.8. The Labute approximate surface area is 172 Å². The van der Waals surface area contributed by atoms with Gasteiger partial charge in [0.2, 0.25) is 0 Å². The van der Waals surface area contributed by atoms with Crippen molar-refractivity contribution in [3.8, 4) is 0 Å². The number of para-hydroxylation sites is 1. The molecule has 1 aliphatic carbocycles. The number of carbonyl (C=O) groups excluding carboxylic acids is 1. The minimum atomic E-state index is 0. The van der Waals surface area contributed by atoms with Crippen LogP contribution >= 0.6 is 24.8 Å². The summed E-state index contributed by atoms with van der Waals surface area (Å²) >= 11 is 0. The fourth-order valence-corrected chi connectivity index (χ4v) is 4.55. The second kappa shape index (κ2) is 8.34. The Bertz CT molecular complexity index is 810. The average molecular weight is 408 g/mol. The lowest BCUT2D eigenvalue weighted by molar-refractivity contribution is 0.0760. The number of aromatic nitrogens is 1. The van der Waals surface area contributed by atoms with E-state index in [1.54, 1.807) is 0 Å². The van der Waals surface area contributed by atoms with Crippen LogP contribution in [0.1, 0.15) is 47.7 Å². The van der Waals surface area contributed by atoms with Crippen LogP contribution in [0, 0.1) is 11.8 Å². The van der Waals surface area contributed by atoms with Crippen LogP contribution in [0.15, 0.2) is 30.3 Å².